The second-order valence-corrected chi connectivity index (χ2v) is 4.42. The van der Waals surface area contributed by atoms with Crippen LogP contribution in [0.3, 0.4) is 0 Å². The quantitative estimate of drug-likeness (QED) is 0.896. The van der Waals surface area contributed by atoms with Crippen molar-refractivity contribution in [2.75, 3.05) is 0 Å². The topological polar surface area (TPSA) is 46.0 Å². The Morgan fingerprint density at radius 3 is 2.39 bits per heavy atom. The van der Waals surface area contributed by atoms with Gasteiger partial charge in [-0.05, 0) is 30.5 Å². The number of rotatable bonds is 4. The Kier molecular flexibility index (Phi) is 4.05. The van der Waals surface area contributed by atoms with Gasteiger partial charge in [0.1, 0.15) is 11.9 Å². The molecule has 0 aliphatic heterocycles. The van der Waals surface area contributed by atoms with Gasteiger partial charge in [-0.2, -0.15) is 0 Å². The lowest BCUT2D eigenvalue weighted by molar-refractivity contribution is 0.173. The minimum absolute atomic E-state index is 0.570. The van der Waals surface area contributed by atoms with Crippen molar-refractivity contribution in [1.82, 2.24) is 9.97 Å². The van der Waals surface area contributed by atoms with Crippen LogP contribution in [0.5, 0.6) is 0 Å². The van der Waals surface area contributed by atoms with E-state index < -0.39 is 6.10 Å². The Bertz CT molecular complexity index is 508. The first-order chi connectivity index (χ1) is 8.69. The van der Waals surface area contributed by atoms with Gasteiger partial charge in [0.05, 0.1) is 5.69 Å². The van der Waals surface area contributed by atoms with Gasteiger partial charge < -0.3 is 5.11 Å². The standard InChI is InChI=1S/C15H18N2O/c1-3-12-4-6-13(7-5-12)10-15(18)14-8-9-16-11(2)17-14/h4-9,15,18H,3,10H2,1-2H3. The Balaban J connectivity index is 2.08. The van der Waals surface area contributed by atoms with Gasteiger partial charge in [0.15, 0.2) is 0 Å². The maximum Gasteiger partial charge on any atom is 0.125 e. The third-order valence-electron chi connectivity index (χ3n) is 3.00. The fourth-order valence-corrected chi connectivity index (χ4v) is 1.90. The van der Waals surface area contributed by atoms with Gasteiger partial charge in [0.25, 0.3) is 0 Å². The summed E-state index contributed by atoms with van der Waals surface area (Å²) in [5.74, 6) is 0.688. The summed E-state index contributed by atoms with van der Waals surface area (Å²) < 4.78 is 0. The van der Waals surface area contributed by atoms with Gasteiger partial charge in [-0.15, -0.1) is 0 Å². The van der Waals surface area contributed by atoms with Crippen molar-refractivity contribution >= 4 is 0 Å². The number of benzene rings is 1. The molecule has 1 aromatic carbocycles. The molecule has 1 atom stereocenters. The molecule has 2 aromatic rings. The molecule has 1 heterocycles. The molecule has 1 N–H and O–H groups in total. The smallest absolute Gasteiger partial charge is 0.125 e. The zero-order valence-corrected chi connectivity index (χ0v) is 10.8. The van der Waals surface area contributed by atoms with Crippen LogP contribution in [-0.2, 0) is 12.8 Å². The number of hydrogen-bond acceptors (Lipinski definition) is 3. The van der Waals surface area contributed by atoms with E-state index in [0.29, 0.717) is 17.9 Å². The minimum atomic E-state index is -0.570. The van der Waals surface area contributed by atoms with Crippen molar-refractivity contribution in [3.05, 3.63) is 59.2 Å². The molecule has 94 valence electrons. The molecule has 1 unspecified atom stereocenters. The summed E-state index contributed by atoms with van der Waals surface area (Å²) in [5, 5.41) is 10.1. The van der Waals surface area contributed by atoms with Gasteiger partial charge in [-0.25, -0.2) is 9.97 Å². The summed E-state index contributed by atoms with van der Waals surface area (Å²) in [5.41, 5.74) is 3.11. The molecule has 1 aromatic heterocycles. The van der Waals surface area contributed by atoms with Crippen molar-refractivity contribution in [2.45, 2.75) is 32.8 Å². The van der Waals surface area contributed by atoms with E-state index in [1.807, 2.05) is 6.92 Å². The Morgan fingerprint density at radius 2 is 1.78 bits per heavy atom. The third-order valence-corrected chi connectivity index (χ3v) is 3.00. The second-order valence-electron chi connectivity index (χ2n) is 4.42. The predicted molar refractivity (Wildman–Crippen MR) is 71.3 cm³/mol. The molecule has 3 nitrogen and oxygen atoms in total. The fourth-order valence-electron chi connectivity index (χ4n) is 1.90. The van der Waals surface area contributed by atoms with Crippen LogP contribution in [0, 0.1) is 6.92 Å². The molecule has 0 amide bonds. The Hall–Kier alpha value is -1.74. The van der Waals surface area contributed by atoms with Crippen LogP contribution in [0.2, 0.25) is 0 Å². The molecule has 0 aliphatic carbocycles. The SMILES string of the molecule is CCc1ccc(CC(O)c2ccnc(C)n2)cc1. The number of aryl methyl sites for hydroxylation is 2. The molecule has 0 spiro atoms. The van der Waals surface area contributed by atoms with E-state index in [-0.39, 0.29) is 0 Å². The zero-order chi connectivity index (χ0) is 13.0. The number of nitrogens with zero attached hydrogens (tertiary/aromatic N) is 2. The summed E-state index contributed by atoms with van der Waals surface area (Å²) in [4.78, 5) is 8.27. The molecule has 2 rings (SSSR count). The summed E-state index contributed by atoms with van der Waals surface area (Å²) in [6, 6.07) is 10.1. The Morgan fingerprint density at radius 1 is 1.11 bits per heavy atom. The first kappa shape index (κ1) is 12.7. The molecule has 0 aliphatic rings. The van der Waals surface area contributed by atoms with Crippen LogP contribution in [0.1, 0.15) is 35.7 Å². The monoisotopic (exact) mass is 242 g/mol. The highest BCUT2D eigenvalue weighted by Gasteiger charge is 2.10. The van der Waals surface area contributed by atoms with Crippen LogP contribution in [0.4, 0.5) is 0 Å². The predicted octanol–water partition coefficient (Wildman–Crippen LogP) is 2.62. The van der Waals surface area contributed by atoms with Crippen LogP contribution in [0.25, 0.3) is 0 Å². The normalized spacial score (nSPS) is 12.4. The van der Waals surface area contributed by atoms with E-state index in [0.717, 1.165) is 12.0 Å². The highest BCUT2D eigenvalue weighted by molar-refractivity contribution is 5.24. The molecular weight excluding hydrogens is 224 g/mol. The minimum Gasteiger partial charge on any atom is -0.386 e. The molecule has 0 saturated heterocycles. The molecule has 0 bridgehead atoms. The average Bonchev–Trinajstić information content (AvgIpc) is 2.39. The fraction of sp³-hybridized carbons (Fsp3) is 0.333. The van der Waals surface area contributed by atoms with Gasteiger partial charge in [0, 0.05) is 12.6 Å². The van der Waals surface area contributed by atoms with Gasteiger partial charge >= 0.3 is 0 Å². The molecular formula is C15H18N2O. The van der Waals surface area contributed by atoms with E-state index >= 15 is 0 Å². The molecule has 0 radical (unpaired) electrons. The molecule has 18 heavy (non-hydrogen) atoms. The lowest BCUT2D eigenvalue weighted by Crippen LogP contribution is -2.05. The van der Waals surface area contributed by atoms with Crippen molar-refractivity contribution in [3.63, 3.8) is 0 Å². The molecule has 3 heteroatoms. The van der Waals surface area contributed by atoms with Crippen molar-refractivity contribution < 1.29 is 5.11 Å². The van der Waals surface area contributed by atoms with E-state index in [9.17, 15) is 5.11 Å². The number of hydrogen-bond donors (Lipinski definition) is 1. The third kappa shape index (κ3) is 3.14. The van der Waals surface area contributed by atoms with E-state index in [4.69, 9.17) is 0 Å². The van der Waals surface area contributed by atoms with Gasteiger partial charge in [-0.1, -0.05) is 31.2 Å². The van der Waals surface area contributed by atoms with Crippen LogP contribution >= 0.6 is 0 Å². The van der Waals surface area contributed by atoms with E-state index in [1.165, 1.54) is 5.56 Å². The summed E-state index contributed by atoms with van der Waals surface area (Å²) in [7, 11) is 0. The average molecular weight is 242 g/mol. The first-order valence-corrected chi connectivity index (χ1v) is 6.24. The summed E-state index contributed by atoms with van der Waals surface area (Å²) in [6.45, 7) is 3.96. The van der Waals surface area contributed by atoms with Crippen LogP contribution < -0.4 is 0 Å². The van der Waals surface area contributed by atoms with E-state index in [1.54, 1.807) is 12.3 Å². The number of aromatic nitrogens is 2. The maximum absolute atomic E-state index is 10.1. The van der Waals surface area contributed by atoms with Gasteiger partial charge in [0.2, 0.25) is 0 Å². The van der Waals surface area contributed by atoms with Crippen LogP contribution in [0.15, 0.2) is 36.5 Å². The highest BCUT2D eigenvalue weighted by atomic mass is 16.3. The summed E-state index contributed by atoms with van der Waals surface area (Å²) in [6.07, 6.45) is 2.73. The van der Waals surface area contributed by atoms with Crippen LogP contribution in [-0.4, -0.2) is 15.1 Å². The molecule has 0 fully saturated rings. The van der Waals surface area contributed by atoms with Crippen molar-refractivity contribution in [2.24, 2.45) is 0 Å². The Labute approximate surface area is 108 Å². The van der Waals surface area contributed by atoms with Crippen molar-refractivity contribution in [3.8, 4) is 0 Å². The largest absolute Gasteiger partial charge is 0.386 e. The summed E-state index contributed by atoms with van der Waals surface area (Å²) >= 11 is 0. The van der Waals surface area contributed by atoms with E-state index in [2.05, 4.69) is 41.2 Å². The number of aliphatic hydroxyl groups is 1. The highest BCUT2D eigenvalue weighted by Crippen LogP contribution is 2.16. The lowest BCUT2D eigenvalue weighted by Gasteiger charge is -2.10. The second kappa shape index (κ2) is 5.74. The maximum atomic E-state index is 10.1. The van der Waals surface area contributed by atoms with Crippen molar-refractivity contribution in [1.29, 1.82) is 0 Å². The number of aliphatic hydroxyl groups excluding tert-OH is 1. The first-order valence-electron chi connectivity index (χ1n) is 6.24. The molecule has 0 saturated carbocycles. The zero-order valence-electron chi connectivity index (χ0n) is 10.8. The lowest BCUT2D eigenvalue weighted by atomic mass is 10.0. The van der Waals surface area contributed by atoms with Gasteiger partial charge in [-0.3, -0.25) is 0 Å².